The van der Waals surface area contributed by atoms with Gasteiger partial charge in [-0.3, -0.25) is 9.59 Å². The molecule has 6 N–H and O–H groups in total. The smallest absolute Gasteiger partial charge is 0.338 e. The largest absolute Gasteiger partial charge is 0.456 e. The average molecular weight is 770 g/mol. The molecule has 1 unspecified atom stereocenters. The Hall–Kier alpha value is -4.76. The van der Waals surface area contributed by atoms with E-state index in [0.717, 1.165) is 0 Å². The van der Waals surface area contributed by atoms with Gasteiger partial charge in [-0.15, -0.1) is 0 Å². The Labute approximate surface area is 323 Å². The van der Waals surface area contributed by atoms with Crippen LogP contribution in [0.4, 0.5) is 0 Å². The van der Waals surface area contributed by atoms with E-state index in [2.05, 4.69) is 5.32 Å². The lowest BCUT2D eigenvalue weighted by Crippen LogP contribution is -2.81. The fourth-order valence-electron chi connectivity index (χ4n) is 9.54. The zero-order valence-corrected chi connectivity index (χ0v) is 31.5. The number of carbonyl (C=O) groups is 4. The van der Waals surface area contributed by atoms with Gasteiger partial charge in [0.2, 0.25) is 0 Å². The fourth-order valence-corrected chi connectivity index (χ4v) is 9.54. The van der Waals surface area contributed by atoms with Gasteiger partial charge in [-0.25, -0.2) is 9.59 Å². The number of hydrogen-bond acceptors (Lipinski definition) is 12. The number of amides is 1. The van der Waals surface area contributed by atoms with Gasteiger partial charge in [0.1, 0.15) is 29.5 Å². The Bertz CT molecular complexity index is 2040. The van der Waals surface area contributed by atoms with Crippen LogP contribution in [0.2, 0.25) is 0 Å². The maximum Gasteiger partial charge on any atom is 0.338 e. The van der Waals surface area contributed by atoms with Crippen molar-refractivity contribution >= 4 is 23.6 Å². The number of rotatable bonds is 8. The van der Waals surface area contributed by atoms with Crippen molar-refractivity contribution in [2.75, 3.05) is 6.61 Å². The molecule has 3 aliphatic carbocycles. The van der Waals surface area contributed by atoms with E-state index >= 15 is 0 Å². The molecular weight excluding hydrogens is 722 g/mol. The third kappa shape index (κ3) is 6.08. The quantitative estimate of drug-likeness (QED) is 0.144. The highest BCUT2D eigenvalue weighted by Crippen LogP contribution is 2.63. The molecule has 2 bridgehead atoms. The summed E-state index contributed by atoms with van der Waals surface area (Å²) in [5, 5.41) is 63.6. The Morgan fingerprint density at radius 3 is 2.00 bits per heavy atom. The number of fused-ring (bicyclic) bond motifs is 5. The summed E-state index contributed by atoms with van der Waals surface area (Å²) < 4.78 is 17.9. The molecule has 11 atom stereocenters. The summed E-state index contributed by atoms with van der Waals surface area (Å²) in [4.78, 5) is 56.0. The van der Waals surface area contributed by atoms with Crippen LogP contribution < -0.4 is 5.32 Å². The predicted molar refractivity (Wildman–Crippen MR) is 199 cm³/mol. The third-order valence-corrected chi connectivity index (χ3v) is 12.9. The molecule has 1 heterocycles. The highest BCUT2D eigenvalue weighted by atomic mass is 16.6. The van der Waals surface area contributed by atoms with Gasteiger partial charge >= 0.3 is 11.9 Å². The number of aliphatic hydroxyl groups is 5. The van der Waals surface area contributed by atoms with E-state index < -0.39 is 101 Å². The van der Waals surface area contributed by atoms with Crippen LogP contribution in [0.15, 0.2) is 102 Å². The van der Waals surface area contributed by atoms with Crippen LogP contribution in [0.3, 0.4) is 0 Å². The summed E-state index contributed by atoms with van der Waals surface area (Å²) in [6, 6.07) is 23.2. The van der Waals surface area contributed by atoms with E-state index in [-0.39, 0.29) is 35.3 Å². The van der Waals surface area contributed by atoms with Gasteiger partial charge in [-0.05, 0) is 54.8 Å². The molecule has 3 fully saturated rings. The lowest BCUT2D eigenvalue weighted by Gasteiger charge is -2.66. The minimum Gasteiger partial charge on any atom is -0.456 e. The molecule has 7 rings (SSSR count). The van der Waals surface area contributed by atoms with Crippen molar-refractivity contribution in [3.8, 4) is 0 Å². The SMILES string of the molecule is CC1=C2[C@@H](O)C(=O)C3(C)[C@H](O)C[C@H]4OC[C@@]4(O)[C@H]3[C@H](OC(=O)c3ccccc3)[C@](O)(C[C@@H]1OC(=O)[C@H](O)[C@@H](NC(=O)c1ccccc1)c1ccccc1)C2(C)C. The van der Waals surface area contributed by atoms with Crippen LogP contribution in [-0.2, 0) is 23.8 Å². The van der Waals surface area contributed by atoms with Crippen LogP contribution >= 0.6 is 0 Å². The third-order valence-electron chi connectivity index (χ3n) is 12.9. The highest BCUT2D eigenvalue weighted by molar-refractivity contribution is 5.95. The van der Waals surface area contributed by atoms with E-state index in [9.17, 15) is 44.7 Å². The molecule has 13 nitrogen and oxygen atoms in total. The van der Waals surface area contributed by atoms with Crippen LogP contribution in [0.1, 0.15) is 72.9 Å². The maximum atomic E-state index is 14.7. The highest BCUT2D eigenvalue weighted by Gasteiger charge is 2.76. The molecule has 0 radical (unpaired) electrons. The standard InChI is InChI=1S/C43H47NO12/c1-23-27(55-39(51)33(47)31(24-14-8-5-9-15-24)44-37(49)25-16-10-6-11-17-25)21-43(53)36(56-38(50)26-18-12-7-13-19-26)34-41(4,28(45)20-29-42(34,52)22-54-29)35(48)32(46)30(23)40(43,2)3/h5-19,27-29,31-34,36,45-47,52-53H,20-22H2,1-4H3,(H,44,49)/t27-,28+,29+,31-,32+,33+,34-,36-,41?,42-,43+/m0/s1. The van der Waals surface area contributed by atoms with Crippen molar-refractivity contribution < 1.29 is 58.9 Å². The normalized spacial score (nSPS) is 34.3. The van der Waals surface area contributed by atoms with Gasteiger partial charge in [0.25, 0.3) is 5.91 Å². The van der Waals surface area contributed by atoms with Gasteiger partial charge in [0, 0.05) is 29.7 Å². The van der Waals surface area contributed by atoms with E-state index in [1.54, 1.807) is 92.7 Å². The van der Waals surface area contributed by atoms with Gasteiger partial charge in [-0.2, -0.15) is 0 Å². The summed E-state index contributed by atoms with van der Waals surface area (Å²) >= 11 is 0. The predicted octanol–water partition coefficient (Wildman–Crippen LogP) is 2.59. The first-order chi connectivity index (χ1) is 26.5. The molecule has 3 aromatic carbocycles. The fraction of sp³-hybridized carbons (Fsp3) is 0.442. The summed E-state index contributed by atoms with van der Waals surface area (Å²) in [5.41, 5.74) is -6.83. The van der Waals surface area contributed by atoms with E-state index in [4.69, 9.17) is 14.2 Å². The van der Waals surface area contributed by atoms with Crippen molar-refractivity contribution in [2.45, 2.75) is 94.4 Å². The van der Waals surface area contributed by atoms with Gasteiger partial charge in [0.15, 0.2) is 11.9 Å². The summed E-state index contributed by atoms with van der Waals surface area (Å²) in [5.74, 6) is -5.07. The molecule has 56 heavy (non-hydrogen) atoms. The van der Waals surface area contributed by atoms with Crippen molar-refractivity contribution in [3.63, 3.8) is 0 Å². The molecule has 1 amide bonds. The van der Waals surface area contributed by atoms with Crippen molar-refractivity contribution in [1.29, 1.82) is 0 Å². The molecule has 4 aliphatic rings. The Balaban J connectivity index is 1.31. The van der Waals surface area contributed by atoms with Crippen LogP contribution in [0.5, 0.6) is 0 Å². The Morgan fingerprint density at radius 2 is 1.43 bits per heavy atom. The summed E-state index contributed by atoms with van der Waals surface area (Å²) in [7, 11) is 0. The minimum absolute atomic E-state index is 0.0351. The number of benzene rings is 3. The monoisotopic (exact) mass is 769 g/mol. The lowest BCUT2D eigenvalue weighted by molar-refractivity contribution is -0.343. The molecule has 13 heteroatoms. The Kier molecular flexibility index (Phi) is 10.1. The first kappa shape index (κ1) is 39.5. The molecule has 2 saturated carbocycles. The molecule has 0 spiro atoms. The zero-order valence-electron chi connectivity index (χ0n) is 31.5. The number of ketones is 1. The molecule has 1 saturated heterocycles. The second-order valence-corrected chi connectivity index (χ2v) is 16.2. The first-order valence-electron chi connectivity index (χ1n) is 18.7. The first-order valence-corrected chi connectivity index (χ1v) is 18.7. The van der Waals surface area contributed by atoms with Gasteiger partial charge in [0.05, 0.1) is 35.8 Å². The van der Waals surface area contributed by atoms with Gasteiger partial charge in [-0.1, -0.05) is 80.6 Å². The number of Topliss-reactive ketones (excluding diaryl/α,β-unsaturated/α-hetero) is 1. The second kappa shape index (κ2) is 14.3. The number of hydrogen-bond donors (Lipinski definition) is 6. The van der Waals surface area contributed by atoms with Crippen LogP contribution in [0, 0.1) is 16.7 Å². The van der Waals surface area contributed by atoms with Crippen LogP contribution in [-0.4, -0.2) is 104 Å². The number of aliphatic hydroxyl groups excluding tert-OH is 3. The summed E-state index contributed by atoms with van der Waals surface area (Å²) in [6.07, 6.45) is -10.3. The molecule has 0 aromatic heterocycles. The minimum atomic E-state index is -2.30. The van der Waals surface area contributed by atoms with E-state index in [1.807, 2.05) is 0 Å². The summed E-state index contributed by atoms with van der Waals surface area (Å²) in [6.45, 7) is 5.72. The topological polar surface area (TPSA) is 209 Å². The van der Waals surface area contributed by atoms with Crippen LogP contribution in [0.25, 0.3) is 0 Å². The lowest BCUT2D eigenvalue weighted by atomic mass is 9.44. The maximum absolute atomic E-state index is 14.7. The molecular formula is C43H47NO12. The number of esters is 2. The number of ether oxygens (including phenoxy) is 3. The van der Waals surface area contributed by atoms with Crippen molar-refractivity contribution in [3.05, 3.63) is 119 Å². The molecule has 296 valence electrons. The van der Waals surface area contributed by atoms with Crippen molar-refractivity contribution in [1.82, 2.24) is 5.32 Å². The van der Waals surface area contributed by atoms with Gasteiger partial charge < -0.3 is 45.1 Å². The zero-order chi connectivity index (χ0) is 40.4. The molecule has 3 aromatic rings. The number of nitrogens with one attached hydrogen (secondary N) is 1. The van der Waals surface area contributed by atoms with E-state index in [1.165, 1.54) is 26.0 Å². The number of carbonyl (C=O) groups excluding carboxylic acids is 4. The van der Waals surface area contributed by atoms with Crippen molar-refractivity contribution in [2.24, 2.45) is 16.7 Å². The second-order valence-electron chi connectivity index (χ2n) is 16.2. The van der Waals surface area contributed by atoms with E-state index in [0.29, 0.717) is 5.56 Å². The molecule has 1 aliphatic heterocycles. The average Bonchev–Trinajstić information content (AvgIpc) is 3.19. The Morgan fingerprint density at radius 1 is 0.857 bits per heavy atom.